The highest BCUT2D eigenvalue weighted by Gasteiger charge is 2.36. The number of aromatic nitrogens is 2. The molecule has 13 heteroatoms. The minimum absolute atomic E-state index is 0.0198. The minimum atomic E-state index is -4.97. The van der Waals surface area contributed by atoms with Crippen LogP contribution < -0.4 is 21.5 Å². The van der Waals surface area contributed by atoms with Crippen LogP contribution in [-0.2, 0) is 6.18 Å². The number of nitrogens with two attached hydrogens (primary N) is 1. The Bertz CT molecular complexity index is 1480. The first-order valence-electron chi connectivity index (χ1n) is 11.9. The highest BCUT2D eigenvalue weighted by molar-refractivity contribution is 6.07. The summed E-state index contributed by atoms with van der Waals surface area (Å²) in [6.45, 7) is 4.85. The SMILES string of the molecule is CC1CN(c2cc(F)c(-c3cncc(C(N)=O)c3)cc2NC(=O)c2c[nH]c(=O)cc2C(F)(F)F)C[C@@H](C)N1C. The van der Waals surface area contributed by atoms with Gasteiger partial charge >= 0.3 is 6.18 Å². The number of nitrogens with zero attached hydrogens (tertiary/aromatic N) is 3. The highest BCUT2D eigenvalue weighted by Crippen LogP contribution is 2.37. The van der Waals surface area contributed by atoms with Crippen molar-refractivity contribution in [3.05, 3.63) is 75.7 Å². The number of hydrogen-bond donors (Lipinski definition) is 3. The zero-order chi connectivity index (χ0) is 28.6. The van der Waals surface area contributed by atoms with Gasteiger partial charge in [0.05, 0.1) is 28.1 Å². The molecule has 1 saturated heterocycles. The third kappa shape index (κ3) is 5.77. The molecule has 2 amide bonds. The number of carbonyl (C=O) groups excluding carboxylic acids is 2. The van der Waals surface area contributed by atoms with Crippen LogP contribution in [0.15, 0.2) is 47.7 Å². The summed E-state index contributed by atoms with van der Waals surface area (Å²) in [6.07, 6.45) is -1.78. The largest absolute Gasteiger partial charge is 0.417 e. The van der Waals surface area contributed by atoms with Crippen LogP contribution in [0.3, 0.4) is 0 Å². The first-order valence-corrected chi connectivity index (χ1v) is 11.9. The fourth-order valence-electron chi connectivity index (χ4n) is 4.55. The minimum Gasteiger partial charge on any atom is -0.367 e. The lowest BCUT2D eigenvalue weighted by atomic mass is 10.0. The number of H-pyrrole nitrogens is 1. The molecule has 0 spiro atoms. The highest BCUT2D eigenvalue weighted by atomic mass is 19.4. The van der Waals surface area contributed by atoms with Gasteiger partial charge in [-0.3, -0.25) is 24.3 Å². The molecular formula is C26H26F4N6O3. The van der Waals surface area contributed by atoms with Gasteiger partial charge in [0.1, 0.15) is 5.82 Å². The molecule has 0 radical (unpaired) electrons. The molecule has 4 rings (SSSR count). The molecule has 1 aromatic carbocycles. The maximum atomic E-state index is 15.5. The molecule has 39 heavy (non-hydrogen) atoms. The molecule has 4 N–H and O–H groups in total. The number of rotatable bonds is 5. The van der Waals surface area contributed by atoms with Gasteiger partial charge in [-0.25, -0.2) is 4.39 Å². The molecule has 0 aliphatic carbocycles. The Morgan fingerprint density at radius 2 is 1.77 bits per heavy atom. The summed E-state index contributed by atoms with van der Waals surface area (Å²) in [5.41, 5.74) is 2.50. The van der Waals surface area contributed by atoms with Crippen molar-refractivity contribution in [3.63, 3.8) is 0 Å². The van der Waals surface area contributed by atoms with E-state index in [-0.39, 0.29) is 40.1 Å². The number of likely N-dealkylation sites (N-methyl/N-ethyl adjacent to an activating group) is 1. The van der Waals surface area contributed by atoms with E-state index < -0.39 is 40.5 Å². The van der Waals surface area contributed by atoms with Crippen LogP contribution in [0.1, 0.15) is 40.1 Å². The molecule has 3 aromatic rings. The Kier molecular flexibility index (Phi) is 7.46. The molecule has 2 atom stereocenters. The van der Waals surface area contributed by atoms with Crippen molar-refractivity contribution < 1.29 is 27.2 Å². The number of benzene rings is 1. The number of aromatic amines is 1. The average molecular weight is 547 g/mol. The van der Waals surface area contributed by atoms with E-state index in [0.29, 0.717) is 25.4 Å². The molecular weight excluding hydrogens is 520 g/mol. The van der Waals surface area contributed by atoms with E-state index in [1.165, 1.54) is 30.6 Å². The number of nitrogens with one attached hydrogen (secondary N) is 2. The van der Waals surface area contributed by atoms with Crippen LogP contribution in [0.4, 0.5) is 28.9 Å². The molecule has 1 fully saturated rings. The number of piperazine rings is 1. The van der Waals surface area contributed by atoms with Gasteiger partial charge in [0.15, 0.2) is 0 Å². The Balaban J connectivity index is 1.84. The summed E-state index contributed by atoms with van der Waals surface area (Å²) in [7, 11) is 1.95. The van der Waals surface area contributed by atoms with E-state index >= 15 is 4.39 Å². The molecule has 9 nitrogen and oxygen atoms in total. The number of alkyl halides is 3. The van der Waals surface area contributed by atoms with E-state index in [2.05, 4.69) is 20.2 Å². The summed E-state index contributed by atoms with van der Waals surface area (Å²) in [4.78, 5) is 46.3. The summed E-state index contributed by atoms with van der Waals surface area (Å²) >= 11 is 0. The van der Waals surface area contributed by atoms with Gasteiger partial charge in [0.25, 0.3) is 5.91 Å². The van der Waals surface area contributed by atoms with E-state index in [9.17, 15) is 27.6 Å². The number of carbonyl (C=O) groups is 2. The molecule has 1 unspecified atom stereocenters. The lowest BCUT2D eigenvalue weighted by molar-refractivity contribution is -0.138. The van der Waals surface area contributed by atoms with Crippen LogP contribution in [0, 0.1) is 5.82 Å². The maximum absolute atomic E-state index is 15.5. The quantitative estimate of drug-likeness (QED) is 0.421. The smallest absolute Gasteiger partial charge is 0.367 e. The van der Waals surface area contributed by atoms with Crippen molar-refractivity contribution in [2.45, 2.75) is 32.1 Å². The standard InChI is InChI=1S/C26H26F4N6O3/c1-13-11-36(12-14(2)35(13)3)22-7-20(27)17(15-4-16(24(31)38)9-32-8-15)5-21(22)34-25(39)18-10-33-23(37)6-19(18)26(28,29)30/h4-10,13-14H,11-12H2,1-3H3,(H2,31,38)(H,33,37)(H,34,39)/t13-,14?/m1/s1. The topological polar surface area (TPSA) is 124 Å². The van der Waals surface area contributed by atoms with Crippen molar-refractivity contribution in [3.8, 4) is 11.1 Å². The molecule has 206 valence electrons. The van der Waals surface area contributed by atoms with E-state index in [4.69, 9.17) is 5.73 Å². The van der Waals surface area contributed by atoms with Gasteiger partial charge in [-0.15, -0.1) is 0 Å². The Labute approximate surface area is 220 Å². The van der Waals surface area contributed by atoms with Crippen molar-refractivity contribution in [1.29, 1.82) is 0 Å². The summed E-state index contributed by atoms with van der Waals surface area (Å²) in [5.74, 6) is -2.64. The number of hydrogen-bond acceptors (Lipinski definition) is 6. The second kappa shape index (κ2) is 10.5. The van der Waals surface area contributed by atoms with Gasteiger partial charge in [-0.05, 0) is 39.1 Å². The fourth-order valence-corrected chi connectivity index (χ4v) is 4.55. The zero-order valence-corrected chi connectivity index (χ0v) is 21.3. The summed E-state index contributed by atoms with van der Waals surface area (Å²) in [5, 5.41) is 2.48. The number of anilines is 2. The number of pyridine rings is 2. The van der Waals surface area contributed by atoms with Gasteiger partial charge < -0.3 is 20.9 Å². The van der Waals surface area contributed by atoms with Crippen LogP contribution in [-0.4, -0.2) is 58.9 Å². The lowest BCUT2D eigenvalue weighted by Crippen LogP contribution is -2.55. The predicted octanol–water partition coefficient (Wildman–Crippen LogP) is 3.47. The first-order chi connectivity index (χ1) is 18.3. The van der Waals surface area contributed by atoms with Crippen LogP contribution in [0.25, 0.3) is 11.1 Å². The normalized spacial score (nSPS) is 18.2. The van der Waals surface area contributed by atoms with Gasteiger partial charge in [-0.2, -0.15) is 13.2 Å². The van der Waals surface area contributed by atoms with E-state index in [0.717, 1.165) is 0 Å². The third-order valence-electron chi connectivity index (χ3n) is 6.84. The number of halogens is 4. The molecule has 1 aliphatic rings. The zero-order valence-electron chi connectivity index (χ0n) is 21.3. The molecule has 0 saturated carbocycles. The van der Waals surface area contributed by atoms with Crippen molar-refractivity contribution in [1.82, 2.24) is 14.9 Å². The Hall–Kier alpha value is -4.26. The van der Waals surface area contributed by atoms with Gasteiger partial charge in [-0.1, -0.05) is 0 Å². The van der Waals surface area contributed by atoms with Gasteiger partial charge in [0.2, 0.25) is 11.5 Å². The van der Waals surface area contributed by atoms with Crippen LogP contribution in [0.2, 0.25) is 0 Å². The van der Waals surface area contributed by atoms with Crippen LogP contribution in [0.5, 0.6) is 0 Å². The molecule has 0 bridgehead atoms. The second-order valence-corrected chi connectivity index (χ2v) is 9.52. The van der Waals surface area contributed by atoms with E-state index in [1.54, 1.807) is 0 Å². The second-order valence-electron chi connectivity index (χ2n) is 9.52. The van der Waals surface area contributed by atoms with Crippen molar-refractivity contribution >= 4 is 23.2 Å². The summed E-state index contributed by atoms with van der Waals surface area (Å²) in [6, 6.07) is 4.18. The fraction of sp³-hybridized carbons (Fsp3) is 0.308. The maximum Gasteiger partial charge on any atom is 0.417 e. The first kappa shape index (κ1) is 27.8. The third-order valence-corrected chi connectivity index (χ3v) is 6.84. The van der Waals surface area contributed by atoms with Crippen molar-refractivity contribution in [2.75, 3.05) is 30.4 Å². The van der Waals surface area contributed by atoms with Gasteiger partial charge in [0, 0.05) is 61.0 Å². The monoisotopic (exact) mass is 546 g/mol. The number of amides is 2. The molecule has 1 aliphatic heterocycles. The van der Waals surface area contributed by atoms with Crippen molar-refractivity contribution in [2.24, 2.45) is 5.73 Å². The number of primary amides is 1. The Morgan fingerprint density at radius 3 is 2.38 bits per heavy atom. The average Bonchev–Trinajstić information content (AvgIpc) is 2.87. The molecule has 3 heterocycles. The predicted molar refractivity (Wildman–Crippen MR) is 137 cm³/mol. The summed E-state index contributed by atoms with van der Waals surface area (Å²) < 4.78 is 56.4. The van der Waals surface area contributed by atoms with E-state index in [1.807, 2.05) is 25.8 Å². The molecule has 2 aromatic heterocycles. The lowest BCUT2D eigenvalue weighted by Gasteiger charge is -2.44. The Morgan fingerprint density at radius 1 is 1.10 bits per heavy atom. The van der Waals surface area contributed by atoms with Crippen LogP contribution >= 0.6 is 0 Å².